The summed E-state index contributed by atoms with van der Waals surface area (Å²) >= 11 is 0. The van der Waals surface area contributed by atoms with Gasteiger partial charge in [0.25, 0.3) is 0 Å². The van der Waals surface area contributed by atoms with Gasteiger partial charge in [0.05, 0.1) is 7.11 Å². The number of pyridine rings is 1. The molecule has 0 saturated carbocycles. The molecule has 0 atom stereocenters. The Morgan fingerprint density at radius 3 is 2.65 bits per heavy atom. The van der Waals surface area contributed by atoms with Crippen molar-refractivity contribution in [2.24, 2.45) is 5.18 Å². The fourth-order valence-corrected chi connectivity index (χ4v) is 2.85. The third-order valence-electron chi connectivity index (χ3n) is 4.03. The van der Waals surface area contributed by atoms with Gasteiger partial charge in [-0.05, 0) is 53.9 Å². The highest BCUT2D eigenvalue weighted by Gasteiger charge is 2.18. The van der Waals surface area contributed by atoms with E-state index in [1.54, 1.807) is 11.5 Å². The fraction of sp³-hybridized carbons (Fsp3) is 0.278. The average molecular weight is 309 g/mol. The molecule has 0 saturated heterocycles. The normalized spacial score (nSPS) is 11.2. The molecule has 0 unspecified atom stereocenters. The van der Waals surface area contributed by atoms with Crippen LogP contribution in [0.2, 0.25) is 0 Å². The number of nitroso groups, excluding NO2 is 1. The van der Waals surface area contributed by atoms with Crippen molar-refractivity contribution < 1.29 is 4.74 Å². The molecule has 23 heavy (non-hydrogen) atoms. The lowest BCUT2D eigenvalue weighted by Gasteiger charge is -2.13. The van der Waals surface area contributed by atoms with Crippen LogP contribution in [0.15, 0.2) is 41.6 Å². The van der Waals surface area contributed by atoms with E-state index in [9.17, 15) is 4.91 Å². The lowest BCUT2D eigenvalue weighted by atomic mass is 9.98. The molecule has 0 amide bonds. The van der Waals surface area contributed by atoms with Gasteiger partial charge in [-0.15, -0.1) is 4.91 Å². The molecule has 0 bridgehead atoms. The summed E-state index contributed by atoms with van der Waals surface area (Å²) in [5, 5.41) is 3.23. The molecule has 118 valence electrons. The van der Waals surface area contributed by atoms with Gasteiger partial charge in [-0.3, -0.25) is 4.40 Å². The van der Waals surface area contributed by atoms with Gasteiger partial charge >= 0.3 is 0 Å². The van der Waals surface area contributed by atoms with Gasteiger partial charge in [0.1, 0.15) is 17.1 Å². The molecule has 0 aliphatic carbocycles. The van der Waals surface area contributed by atoms with Crippen LogP contribution < -0.4 is 4.74 Å². The van der Waals surface area contributed by atoms with E-state index in [2.05, 4.69) is 24.0 Å². The minimum Gasteiger partial charge on any atom is -0.496 e. The van der Waals surface area contributed by atoms with Crippen LogP contribution >= 0.6 is 0 Å². The molecule has 0 spiro atoms. The van der Waals surface area contributed by atoms with E-state index in [1.807, 2.05) is 43.3 Å². The van der Waals surface area contributed by atoms with E-state index in [4.69, 9.17) is 4.74 Å². The van der Waals surface area contributed by atoms with Crippen molar-refractivity contribution in [1.29, 1.82) is 0 Å². The monoisotopic (exact) mass is 309 g/mol. The van der Waals surface area contributed by atoms with Crippen LogP contribution in [0.1, 0.15) is 31.0 Å². The quantitative estimate of drug-likeness (QED) is 0.648. The maximum Gasteiger partial charge on any atom is 0.209 e. The van der Waals surface area contributed by atoms with Crippen LogP contribution in [0.3, 0.4) is 0 Å². The number of methoxy groups -OCH3 is 1. The second-order valence-corrected chi connectivity index (χ2v) is 5.85. The summed E-state index contributed by atoms with van der Waals surface area (Å²) in [5.41, 5.74) is 4.19. The smallest absolute Gasteiger partial charge is 0.209 e. The summed E-state index contributed by atoms with van der Waals surface area (Å²) in [6.45, 7) is 6.14. The molecule has 5 nitrogen and oxygen atoms in total. The van der Waals surface area contributed by atoms with Gasteiger partial charge in [0.15, 0.2) is 0 Å². The lowest BCUT2D eigenvalue weighted by molar-refractivity contribution is 0.407. The summed E-state index contributed by atoms with van der Waals surface area (Å²) in [6, 6.07) is 11.6. The molecule has 0 fully saturated rings. The van der Waals surface area contributed by atoms with Crippen LogP contribution in [-0.4, -0.2) is 16.5 Å². The molecule has 1 aromatic carbocycles. The Morgan fingerprint density at radius 1 is 1.22 bits per heavy atom. The molecule has 3 rings (SSSR count). The molecular weight excluding hydrogens is 290 g/mol. The van der Waals surface area contributed by atoms with Crippen molar-refractivity contribution in [1.82, 2.24) is 9.38 Å². The van der Waals surface area contributed by atoms with Gasteiger partial charge in [-0.25, -0.2) is 4.98 Å². The first-order chi connectivity index (χ1) is 11.1. The van der Waals surface area contributed by atoms with E-state index < -0.39 is 0 Å². The molecule has 2 aromatic heterocycles. The van der Waals surface area contributed by atoms with Crippen LogP contribution in [0.25, 0.3) is 16.9 Å². The zero-order chi connectivity index (χ0) is 16.6. The SMILES string of the molecule is COc1ccc(-c2nc3cccc(C)n3c2N=O)cc1C(C)C. The first-order valence-electron chi connectivity index (χ1n) is 7.56. The summed E-state index contributed by atoms with van der Waals surface area (Å²) in [4.78, 5) is 16.0. The third-order valence-corrected chi connectivity index (χ3v) is 4.03. The maximum atomic E-state index is 11.4. The van der Waals surface area contributed by atoms with Gasteiger partial charge in [-0.1, -0.05) is 19.9 Å². The van der Waals surface area contributed by atoms with E-state index >= 15 is 0 Å². The highest BCUT2D eigenvalue weighted by molar-refractivity contribution is 5.76. The summed E-state index contributed by atoms with van der Waals surface area (Å²) < 4.78 is 7.20. The standard InChI is InChI=1S/C18H19N3O2/c1-11(2)14-10-13(8-9-15(14)23-4)17-18(20-22)21-12(3)6-5-7-16(21)19-17/h5-11H,1-4H3. The molecule has 3 aromatic rings. The van der Waals surface area contributed by atoms with Crippen molar-refractivity contribution in [3.8, 4) is 17.0 Å². The van der Waals surface area contributed by atoms with Gasteiger partial charge in [-0.2, -0.15) is 0 Å². The molecule has 0 aliphatic rings. The largest absolute Gasteiger partial charge is 0.496 e. The van der Waals surface area contributed by atoms with E-state index in [0.717, 1.165) is 28.2 Å². The van der Waals surface area contributed by atoms with Crippen molar-refractivity contribution in [3.63, 3.8) is 0 Å². The summed E-state index contributed by atoms with van der Waals surface area (Å²) in [7, 11) is 1.66. The van der Waals surface area contributed by atoms with Gasteiger partial charge in [0, 0.05) is 11.3 Å². The van der Waals surface area contributed by atoms with Crippen molar-refractivity contribution in [3.05, 3.63) is 52.6 Å². The first-order valence-corrected chi connectivity index (χ1v) is 7.56. The van der Waals surface area contributed by atoms with E-state index in [-0.39, 0.29) is 0 Å². The number of ether oxygens (including phenoxy) is 1. The molecule has 5 heteroatoms. The maximum absolute atomic E-state index is 11.4. The lowest BCUT2D eigenvalue weighted by Crippen LogP contribution is -1.95. The highest BCUT2D eigenvalue weighted by Crippen LogP contribution is 2.36. The number of fused-ring (bicyclic) bond motifs is 1. The second-order valence-electron chi connectivity index (χ2n) is 5.85. The Balaban J connectivity index is 2.27. The van der Waals surface area contributed by atoms with Crippen LogP contribution in [0.5, 0.6) is 5.75 Å². The Labute approximate surface area is 134 Å². The number of aryl methyl sites for hydroxylation is 1. The zero-order valence-corrected chi connectivity index (χ0v) is 13.7. The first kappa shape index (κ1) is 15.2. The van der Waals surface area contributed by atoms with Crippen molar-refractivity contribution in [2.75, 3.05) is 7.11 Å². The number of rotatable bonds is 4. The molecule has 0 aliphatic heterocycles. The number of benzene rings is 1. The number of nitrogens with zero attached hydrogens (tertiary/aromatic N) is 3. The predicted octanol–water partition coefficient (Wildman–Crippen LogP) is 4.84. The second kappa shape index (κ2) is 5.83. The zero-order valence-electron chi connectivity index (χ0n) is 13.7. The Bertz CT molecular complexity index is 881. The highest BCUT2D eigenvalue weighted by atomic mass is 16.5. The van der Waals surface area contributed by atoms with Gasteiger partial charge < -0.3 is 4.74 Å². The number of hydrogen-bond donors (Lipinski definition) is 0. The number of hydrogen-bond acceptors (Lipinski definition) is 4. The third kappa shape index (κ3) is 2.48. The average Bonchev–Trinajstić information content (AvgIpc) is 2.94. The topological polar surface area (TPSA) is 56.0 Å². The molecule has 0 radical (unpaired) electrons. The number of imidazole rings is 1. The fourth-order valence-electron chi connectivity index (χ4n) is 2.85. The van der Waals surface area contributed by atoms with Crippen molar-refractivity contribution in [2.45, 2.75) is 26.7 Å². The number of aromatic nitrogens is 2. The van der Waals surface area contributed by atoms with Gasteiger partial charge in [0.2, 0.25) is 5.82 Å². The predicted molar refractivity (Wildman–Crippen MR) is 91.5 cm³/mol. The van der Waals surface area contributed by atoms with E-state index in [1.165, 1.54) is 0 Å². The van der Waals surface area contributed by atoms with Crippen LogP contribution in [0.4, 0.5) is 5.82 Å². The minimum absolute atomic E-state index is 0.302. The van der Waals surface area contributed by atoms with Crippen LogP contribution in [0, 0.1) is 11.8 Å². The minimum atomic E-state index is 0.302. The van der Waals surface area contributed by atoms with Crippen LogP contribution in [-0.2, 0) is 0 Å². The van der Waals surface area contributed by atoms with E-state index in [0.29, 0.717) is 17.4 Å². The van der Waals surface area contributed by atoms with Crippen molar-refractivity contribution >= 4 is 11.5 Å². The molecule has 0 N–H and O–H groups in total. The summed E-state index contributed by atoms with van der Waals surface area (Å²) in [6.07, 6.45) is 0. The Morgan fingerprint density at radius 2 is 2.00 bits per heavy atom. The summed E-state index contributed by atoms with van der Waals surface area (Å²) in [5.74, 6) is 1.47. The molecule has 2 heterocycles. The Kier molecular flexibility index (Phi) is 3.86. The Hall–Kier alpha value is -2.69. The molecular formula is C18H19N3O2.